The summed E-state index contributed by atoms with van der Waals surface area (Å²) in [5.41, 5.74) is 2.82. The summed E-state index contributed by atoms with van der Waals surface area (Å²) in [6, 6.07) is 16.6. The predicted octanol–water partition coefficient (Wildman–Crippen LogP) is 5.27. The lowest BCUT2D eigenvalue weighted by molar-refractivity contribution is -0.167. The molecular formula is C43H52ClN3O11S. The molecule has 0 amide bonds. The minimum absolute atomic E-state index is 0.0360. The monoisotopic (exact) mass is 853 g/mol. The van der Waals surface area contributed by atoms with E-state index in [2.05, 4.69) is 15.2 Å². The first kappa shape index (κ1) is 45.3. The number of nitrogens with one attached hydrogen (secondary N) is 1. The van der Waals surface area contributed by atoms with Gasteiger partial charge in [-0.05, 0) is 86.1 Å². The number of rotatable bonds is 19. The van der Waals surface area contributed by atoms with Gasteiger partial charge in [0.25, 0.3) is 0 Å². The number of pyridine rings is 1. The second-order valence-corrected chi connectivity index (χ2v) is 17.4. The Labute approximate surface area is 350 Å². The third-order valence-electron chi connectivity index (χ3n) is 10.7. The molecule has 1 aromatic heterocycles. The van der Waals surface area contributed by atoms with Crippen LogP contribution in [0.2, 0.25) is 5.02 Å². The van der Waals surface area contributed by atoms with Crippen LogP contribution in [0.1, 0.15) is 54.0 Å². The first-order chi connectivity index (χ1) is 28.0. The van der Waals surface area contributed by atoms with Gasteiger partial charge in [-0.25, -0.2) is 13.2 Å². The van der Waals surface area contributed by atoms with Crippen LogP contribution in [0, 0.1) is 13.8 Å². The Morgan fingerprint density at radius 2 is 1.61 bits per heavy atom. The molecule has 318 valence electrons. The van der Waals surface area contributed by atoms with Gasteiger partial charge in [0, 0.05) is 62.0 Å². The van der Waals surface area contributed by atoms with Crippen molar-refractivity contribution < 1.29 is 52.3 Å². The number of hydrogen-bond donors (Lipinski definition) is 4. The molecule has 4 aromatic rings. The number of piperidine rings is 1. The average Bonchev–Trinajstić information content (AvgIpc) is 3.21. The van der Waals surface area contributed by atoms with Crippen molar-refractivity contribution in [1.82, 2.24) is 15.2 Å². The summed E-state index contributed by atoms with van der Waals surface area (Å²) >= 11 is 6.74. The molecule has 0 aliphatic carbocycles. The van der Waals surface area contributed by atoms with E-state index in [0.29, 0.717) is 55.2 Å². The minimum atomic E-state index is -3.51. The van der Waals surface area contributed by atoms with Crippen LogP contribution in [-0.4, -0.2) is 103 Å². The van der Waals surface area contributed by atoms with Crippen LogP contribution >= 0.6 is 11.6 Å². The second-order valence-electron chi connectivity index (χ2n) is 15.0. The SMILES string of the molecule is COC(=O)C1(O)CCN(CCCOc2cccc(-c3cccc(COc4cc(OCc5cncc(S(C)(=O)=O)c5)c(CNC(C)(CO)C(=O)O)cc4Cl)c3C)c2C)CC1. The van der Waals surface area contributed by atoms with Gasteiger partial charge in [0.05, 0.1) is 30.2 Å². The molecule has 4 N–H and O–H groups in total. The maximum absolute atomic E-state index is 12.1. The fraction of sp³-hybridized carbons (Fsp3) is 0.419. The number of nitrogens with zero attached hydrogens (tertiary/aromatic N) is 2. The summed E-state index contributed by atoms with van der Waals surface area (Å²) in [5, 5.41) is 33.1. The lowest BCUT2D eigenvalue weighted by Crippen LogP contribution is -2.52. The fourth-order valence-electron chi connectivity index (χ4n) is 6.72. The van der Waals surface area contributed by atoms with Gasteiger partial charge in [0.1, 0.15) is 36.0 Å². The summed E-state index contributed by atoms with van der Waals surface area (Å²) in [6.45, 7) is 7.27. The lowest BCUT2D eigenvalue weighted by atomic mass is 9.91. The lowest BCUT2D eigenvalue weighted by Gasteiger charge is -2.36. The Morgan fingerprint density at radius 3 is 2.27 bits per heavy atom. The third kappa shape index (κ3) is 11.3. The van der Waals surface area contributed by atoms with Crippen molar-refractivity contribution in [2.75, 3.05) is 46.2 Å². The van der Waals surface area contributed by atoms with Crippen molar-refractivity contribution >= 4 is 33.4 Å². The van der Waals surface area contributed by atoms with Crippen LogP contribution < -0.4 is 19.5 Å². The quantitative estimate of drug-likeness (QED) is 0.0704. The van der Waals surface area contributed by atoms with Gasteiger partial charge in [-0.3, -0.25) is 15.1 Å². The molecule has 59 heavy (non-hydrogen) atoms. The summed E-state index contributed by atoms with van der Waals surface area (Å²) < 4.78 is 47.7. The number of aliphatic hydroxyl groups excluding tert-OH is 1. The molecule has 5 rings (SSSR count). The minimum Gasteiger partial charge on any atom is -0.493 e. The van der Waals surface area contributed by atoms with E-state index in [0.717, 1.165) is 52.8 Å². The van der Waals surface area contributed by atoms with E-state index in [-0.39, 0.29) is 29.7 Å². The molecule has 0 radical (unpaired) electrons. The van der Waals surface area contributed by atoms with Crippen LogP contribution in [-0.2, 0) is 43.9 Å². The van der Waals surface area contributed by atoms with E-state index in [1.807, 2.05) is 50.2 Å². The van der Waals surface area contributed by atoms with Crippen molar-refractivity contribution in [3.63, 3.8) is 0 Å². The number of benzene rings is 3. The average molecular weight is 854 g/mol. The Bertz CT molecular complexity index is 2250. The number of carbonyl (C=O) groups is 2. The molecule has 1 aliphatic rings. The van der Waals surface area contributed by atoms with E-state index in [9.17, 15) is 33.3 Å². The smallest absolute Gasteiger partial charge is 0.337 e. The molecule has 1 atom stereocenters. The number of carboxylic acid groups (broad SMARTS) is 1. The number of carboxylic acids is 1. The normalized spacial score (nSPS) is 15.3. The number of aromatic nitrogens is 1. The largest absolute Gasteiger partial charge is 0.493 e. The Hall–Kier alpha value is -4.77. The Morgan fingerprint density at radius 1 is 0.932 bits per heavy atom. The molecule has 0 bridgehead atoms. The van der Waals surface area contributed by atoms with Crippen molar-refractivity contribution in [1.29, 1.82) is 0 Å². The number of carbonyl (C=O) groups excluding carboxylic acids is 1. The standard InChI is InChI=1S/C43H52ClN3O11S/c1-28-31(9-6-10-34(28)35-11-7-12-37(29(35)2)56-18-8-15-47-16-13-43(52,14-17-47)41(51)55-4)26-58-39-21-38(57-25-30-19-33(24-45-22-30)59(5,53)54)32(20-36(39)44)23-46-42(3,27-48)40(49)50/h6-7,9-12,19-22,24,46,48,52H,8,13-18,23,25-27H2,1-5H3,(H,49,50). The molecule has 0 saturated carbocycles. The number of likely N-dealkylation sites (tertiary alicyclic amines) is 1. The number of aliphatic carboxylic acids is 1. The Kier molecular flexibility index (Phi) is 15.0. The van der Waals surface area contributed by atoms with Crippen LogP contribution in [0.15, 0.2) is 71.9 Å². The second kappa shape index (κ2) is 19.5. The molecule has 14 nitrogen and oxygen atoms in total. The highest BCUT2D eigenvalue weighted by Gasteiger charge is 2.40. The van der Waals surface area contributed by atoms with Gasteiger partial charge >= 0.3 is 11.9 Å². The first-order valence-electron chi connectivity index (χ1n) is 19.1. The number of methoxy groups -OCH3 is 1. The molecule has 1 fully saturated rings. The van der Waals surface area contributed by atoms with E-state index in [1.54, 1.807) is 12.1 Å². The molecule has 16 heteroatoms. The third-order valence-corrected chi connectivity index (χ3v) is 12.1. The number of aliphatic hydroxyl groups is 2. The number of ether oxygens (including phenoxy) is 4. The maximum atomic E-state index is 12.1. The fourth-order valence-corrected chi connectivity index (χ4v) is 7.57. The highest BCUT2D eigenvalue weighted by atomic mass is 35.5. The molecule has 3 aromatic carbocycles. The van der Waals surface area contributed by atoms with Gasteiger partial charge < -0.3 is 39.2 Å². The zero-order chi connectivity index (χ0) is 43.0. The van der Waals surface area contributed by atoms with Crippen molar-refractivity contribution in [2.24, 2.45) is 0 Å². The summed E-state index contributed by atoms with van der Waals surface area (Å²) in [6.07, 6.45) is 5.28. The zero-order valence-electron chi connectivity index (χ0n) is 33.9. The van der Waals surface area contributed by atoms with Gasteiger partial charge in [-0.15, -0.1) is 0 Å². The highest BCUT2D eigenvalue weighted by Crippen LogP contribution is 2.37. The van der Waals surface area contributed by atoms with Gasteiger partial charge in [0.2, 0.25) is 0 Å². The molecule has 1 aliphatic heterocycles. The summed E-state index contributed by atoms with van der Waals surface area (Å²) in [5.74, 6) is -0.445. The van der Waals surface area contributed by atoms with Crippen molar-refractivity contribution in [2.45, 2.75) is 75.8 Å². The van der Waals surface area contributed by atoms with Crippen LogP contribution in [0.4, 0.5) is 0 Å². The molecule has 1 saturated heterocycles. The van der Waals surface area contributed by atoms with E-state index >= 15 is 0 Å². The molecule has 2 heterocycles. The molecule has 1 unspecified atom stereocenters. The van der Waals surface area contributed by atoms with Gasteiger partial charge in [-0.1, -0.05) is 41.9 Å². The topological polar surface area (TPSA) is 194 Å². The van der Waals surface area contributed by atoms with Crippen molar-refractivity contribution in [3.8, 4) is 28.4 Å². The van der Waals surface area contributed by atoms with Gasteiger partial charge in [-0.2, -0.15) is 0 Å². The predicted molar refractivity (Wildman–Crippen MR) is 222 cm³/mol. The number of sulfone groups is 1. The maximum Gasteiger partial charge on any atom is 0.337 e. The van der Waals surface area contributed by atoms with Crippen molar-refractivity contribution in [3.05, 3.63) is 99.8 Å². The van der Waals surface area contributed by atoms with Gasteiger partial charge in [0.15, 0.2) is 15.4 Å². The Balaban J connectivity index is 1.28. The van der Waals surface area contributed by atoms with Crippen LogP contribution in [0.3, 0.4) is 0 Å². The highest BCUT2D eigenvalue weighted by molar-refractivity contribution is 7.90. The zero-order valence-corrected chi connectivity index (χ0v) is 35.5. The number of halogens is 1. The summed E-state index contributed by atoms with van der Waals surface area (Å²) in [7, 11) is -2.22. The van der Waals surface area contributed by atoms with E-state index in [4.69, 9.17) is 30.5 Å². The molecular weight excluding hydrogens is 802 g/mol. The van der Waals surface area contributed by atoms with E-state index < -0.39 is 39.5 Å². The number of hydrogen-bond acceptors (Lipinski definition) is 13. The van der Waals surface area contributed by atoms with Crippen LogP contribution in [0.5, 0.6) is 17.2 Å². The first-order valence-corrected chi connectivity index (χ1v) is 21.4. The number of esters is 1. The molecule has 0 spiro atoms. The van der Waals surface area contributed by atoms with E-state index in [1.165, 1.54) is 32.5 Å². The summed E-state index contributed by atoms with van der Waals surface area (Å²) in [4.78, 5) is 30.1. The van der Waals surface area contributed by atoms with Crippen LogP contribution in [0.25, 0.3) is 11.1 Å².